The van der Waals surface area contributed by atoms with Crippen LogP contribution in [-0.4, -0.2) is 45.3 Å². The molecule has 8 heteroatoms. The average Bonchev–Trinajstić information content (AvgIpc) is 2.74. The lowest BCUT2D eigenvalue weighted by molar-refractivity contribution is -0.135. The molecule has 2 aliphatic rings. The van der Waals surface area contributed by atoms with E-state index in [1.807, 2.05) is 6.07 Å². The maximum Gasteiger partial charge on any atom is 0.236 e. The number of nitrogens with zero attached hydrogens (tertiary/aromatic N) is 2. The van der Waals surface area contributed by atoms with Crippen LogP contribution < -0.4 is 5.32 Å². The predicted octanol–water partition coefficient (Wildman–Crippen LogP) is 2.51. The summed E-state index contributed by atoms with van der Waals surface area (Å²) in [4.78, 5) is 26.6. The van der Waals surface area contributed by atoms with E-state index in [1.54, 1.807) is 17.0 Å². The molecular weight excluding hydrogens is 393 g/mol. The first-order chi connectivity index (χ1) is 14.0. The van der Waals surface area contributed by atoms with Gasteiger partial charge in [-0.3, -0.25) is 13.8 Å². The number of carbonyl (C=O) groups is 2. The first-order valence-corrected chi connectivity index (χ1v) is 11.3. The molecule has 1 aromatic rings. The van der Waals surface area contributed by atoms with E-state index in [0.717, 1.165) is 25.7 Å². The van der Waals surface area contributed by atoms with Crippen molar-refractivity contribution >= 4 is 22.6 Å². The molecule has 0 bridgehead atoms. The molecular formula is C21H26FN3O3S. The van der Waals surface area contributed by atoms with Crippen LogP contribution in [0, 0.1) is 23.1 Å². The summed E-state index contributed by atoms with van der Waals surface area (Å²) in [5.41, 5.74) is 0. The molecule has 0 radical (unpaired) electrons. The van der Waals surface area contributed by atoms with Crippen LogP contribution in [0.2, 0.25) is 0 Å². The van der Waals surface area contributed by atoms with E-state index in [1.165, 1.54) is 12.1 Å². The summed E-state index contributed by atoms with van der Waals surface area (Å²) < 4.78 is 25.7. The highest BCUT2D eigenvalue weighted by Gasteiger charge is 2.31. The zero-order valence-corrected chi connectivity index (χ0v) is 17.1. The zero-order valence-electron chi connectivity index (χ0n) is 16.3. The monoisotopic (exact) mass is 419 g/mol. The van der Waals surface area contributed by atoms with Gasteiger partial charge in [0.2, 0.25) is 11.8 Å². The fourth-order valence-electron chi connectivity index (χ4n) is 4.07. The van der Waals surface area contributed by atoms with Crippen LogP contribution in [-0.2, 0) is 20.4 Å². The van der Waals surface area contributed by atoms with E-state index < -0.39 is 10.8 Å². The maximum atomic E-state index is 13.0. The molecule has 1 aromatic carbocycles. The van der Waals surface area contributed by atoms with Crippen molar-refractivity contribution in [2.24, 2.45) is 5.92 Å². The first-order valence-electron chi connectivity index (χ1n) is 10.1. The number of carbonyl (C=O) groups excluding carboxylic acids is 2. The number of hydrogen-bond acceptors (Lipinski definition) is 4. The largest absolute Gasteiger partial charge is 0.353 e. The van der Waals surface area contributed by atoms with Gasteiger partial charge in [0.25, 0.3) is 0 Å². The Labute approximate surface area is 172 Å². The molecule has 2 fully saturated rings. The number of nitrogens with one attached hydrogen (secondary N) is 1. The third-order valence-electron chi connectivity index (χ3n) is 5.82. The zero-order chi connectivity index (χ0) is 20.8. The number of benzene rings is 1. The Balaban J connectivity index is 1.42. The van der Waals surface area contributed by atoms with Gasteiger partial charge in [0.15, 0.2) is 0 Å². The standard InChI is InChI=1S/C21H26FN3O3S/c22-16-1-5-18(6-2-16)29(28)19-7-3-17(4-8-19)24-21(27)15-10-13-25(14-11-15)20(26)9-12-23/h1-2,5-6,15,17,19H,3-4,7-11,13-14H2,(H,24,27). The molecule has 0 aromatic heterocycles. The molecule has 6 nitrogen and oxygen atoms in total. The highest BCUT2D eigenvalue weighted by molar-refractivity contribution is 7.85. The molecule has 29 heavy (non-hydrogen) atoms. The van der Waals surface area contributed by atoms with Gasteiger partial charge in [0.05, 0.1) is 16.9 Å². The predicted molar refractivity (Wildman–Crippen MR) is 107 cm³/mol. The molecule has 1 aliphatic carbocycles. The molecule has 1 atom stereocenters. The summed E-state index contributed by atoms with van der Waals surface area (Å²) in [7, 11) is -1.16. The summed E-state index contributed by atoms with van der Waals surface area (Å²) in [5.74, 6) is -0.580. The quantitative estimate of drug-likeness (QED) is 0.794. The van der Waals surface area contributed by atoms with Crippen LogP contribution in [0.3, 0.4) is 0 Å². The number of hydrogen-bond donors (Lipinski definition) is 1. The van der Waals surface area contributed by atoms with Gasteiger partial charge in [-0.1, -0.05) is 0 Å². The lowest BCUT2D eigenvalue weighted by Crippen LogP contribution is -2.46. The number of piperidine rings is 1. The maximum absolute atomic E-state index is 13.0. The van der Waals surface area contributed by atoms with Gasteiger partial charge in [-0.2, -0.15) is 5.26 Å². The third-order valence-corrected chi connectivity index (χ3v) is 7.63. The Morgan fingerprint density at radius 3 is 2.31 bits per heavy atom. The lowest BCUT2D eigenvalue weighted by Gasteiger charge is -2.33. The molecule has 1 saturated carbocycles. The van der Waals surface area contributed by atoms with Crippen LogP contribution >= 0.6 is 0 Å². The highest BCUT2D eigenvalue weighted by atomic mass is 32.2. The van der Waals surface area contributed by atoms with E-state index in [-0.39, 0.29) is 41.3 Å². The average molecular weight is 420 g/mol. The van der Waals surface area contributed by atoms with Crippen LogP contribution in [0.1, 0.15) is 44.9 Å². The third kappa shape index (κ3) is 5.63. The van der Waals surface area contributed by atoms with Crippen LogP contribution in [0.5, 0.6) is 0 Å². The van der Waals surface area contributed by atoms with Crippen molar-refractivity contribution in [1.82, 2.24) is 10.2 Å². The molecule has 1 saturated heterocycles. The van der Waals surface area contributed by atoms with E-state index in [0.29, 0.717) is 30.8 Å². The fraction of sp³-hybridized carbons (Fsp3) is 0.571. The van der Waals surface area contributed by atoms with Gasteiger partial charge < -0.3 is 10.2 Å². The van der Waals surface area contributed by atoms with Gasteiger partial charge in [-0.15, -0.1) is 0 Å². The number of rotatable bonds is 5. The highest BCUT2D eigenvalue weighted by Crippen LogP contribution is 2.27. The molecule has 1 aliphatic heterocycles. The summed E-state index contributed by atoms with van der Waals surface area (Å²) in [6, 6.07) is 7.77. The van der Waals surface area contributed by atoms with Gasteiger partial charge in [0, 0.05) is 35.2 Å². The first kappa shape index (κ1) is 21.4. The minimum atomic E-state index is -1.16. The number of likely N-dealkylation sites (tertiary alicyclic amines) is 1. The molecule has 1 unspecified atom stereocenters. The van der Waals surface area contributed by atoms with E-state index in [4.69, 9.17) is 5.26 Å². The van der Waals surface area contributed by atoms with Gasteiger partial charge in [0.1, 0.15) is 12.2 Å². The molecule has 1 heterocycles. The van der Waals surface area contributed by atoms with Crippen LogP contribution in [0.4, 0.5) is 4.39 Å². The molecule has 0 spiro atoms. The topological polar surface area (TPSA) is 90.3 Å². The van der Waals surface area contributed by atoms with Crippen molar-refractivity contribution in [1.29, 1.82) is 5.26 Å². The molecule has 2 amide bonds. The molecule has 1 N–H and O–H groups in total. The van der Waals surface area contributed by atoms with E-state index >= 15 is 0 Å². The van der Waals surface area contributed by atoms with Gasteiger partial charge in [-0.05, 0) is 62.8 Å². The minimum Gasteiger partial charge on any atom is -0.353 e. The Morgan fingerprint density at radius 2 is 1.72 bits per heavy atom. The second-order valence-corrected chi connectivity index (χ2v) is 9.46. The Kier molecular flexibility index (Phi) is 7.37. The van der Waals surface area contributed by atoms with Crippen molar-refractivity contribution in [3.63, 3.8) is 0 Å². The smallest absolute Gasteiger partial charge is 0.236 e. The van der Waals surface area contributed by atoms with E-state index in [9.17, 15) is 18.2 Å². The summed E-state index contributed by atoms with van der Waals surface area (Å²) in [5, 5.41) is 11.8. The van der Waals surface area contributed by atoms with E-state index in [2.05, 4.69) is 5.32 Å². The minimum absolute atomic E-state index is 0.0282. The lowest BCUT2D eigenvalue weighted by atomic mass is 9.92. The normalized spacial score (nSPS) is 23.8. The Hall–Kier alpha value is -2.27. The summed E-state index contributed by atoms with van der Waals surface area (Å²) in [6.07, 6.45) is 4.21. The number of amides is 2. The van der Waals surface area contributed by atoms with Crippen LogP contribution in [0.25, 0.3) is 0 Å². The SMILES string of the molecule is N#CCC(=O)N1CCC(C(=O)NC2CCC(S(=O)c3ccc(F)cc3)CC2)CC1. The van der Waals surface area contributed by atoms with Crippen molar-refractivity contribution < 1.29 is 18.2 Å². The van der Waals surface area contributed by atoms with Gasteiger partial charge >= 0.3 is 0 Å². The molecule has 3 rings (SSSR count). The van der Waals surface area contributed by atoms with Crippen molar-refractivity contribution in [2.75, 3.05) is 13.1 Å². The number of nitriles is 1. The van der Waals surface area contributed by atoms with Crippen molar-refractivity contribution in [3.05, 3.63) is 30.1 Å². The second kappa shape index (κ2) is 9.97. The second-order valence-electron chi connectivity index (χ2n) is 7.72. The summed E-state index contributed by atoms with van der Waals surface area (Å²) in [6.45, 7) is 1.03. The van der Waals surface area contributed by atoms with Crippen molar-refractivity contribution in [3.8, 4) is 6.07 Å². The number of halogens is 1. The summed E-state index contributed by atoms with van der Waals surface area (Å²) >= 11 is 0. The molecule has 156 valence electrons. The fourth-order valence-corrected chi connectivity index (χ4v) is 5.56. The Morgan fingerprint density at radius 1 is 1.10 bits per heavy atom. The van der Waals surface area contributed by atoms with Crippen LogP contribution in [0.15, 0.2) is 29.2 Å². The van der Waals surface area contributed by atoms with Crippen molar-refractivity contribution in [2.45, 2.75) is 61.1 Å². The van der Waals surface area contributed by atoms with Gasteiger partial charge in [-0.25, -0.2) is 4.39 Å². The Bertz CT molecular complexity index is 792.